The summed E-state index contributed by atoms with van der Waals surface area (Å²) in [6.45, 7) is 5.44. The maximum Gasteiger partial charge on any atom is 0.309 e. The third-order valence-electron chi connectivity index (χ3n) is 4.50. The molecule has 9 heteroatoms. The number of piperidine rings is 1. The fourth-order valence-electron chi connectivity index (χ4n) is 2.92. The van der Waals surface area contributed by atoms with Crippen molar-refractivity contribution >= 4 is 45.8 Å². The molecule has 0 radical (unpaired) electrons. The van der Waals surface area contributed by atoms with Crippen LogP contribution in [0.4, 0.5) is 10.8 Å². The predicted molar refractivity (Wildman–Crippen MR) is 111 cm³/mol. The van der Waals surface area contributed by atoms with E-state index in [1.165, 1.54) is 28.7 Å². The molecule has 1 fully saturated rings. The molecule has 1 amide bonds. The molecule has 0 atom stereocenters. The molecular weight excluding hydrogens is 396 g/mol. The van der Waals surface area contributed by atoms with Gasteiger partial charge in [0.15, 0.2) is 4.34 Å². The van der Waals surface area contributed by atoms with E-state index >= 15 is 0 Å². The number of carbonyl (C=O) groups is 2. The van der Waals surface area contributed by atoms with E-state index in [1.54, 1.807) is 0 Å². The van der Waals surface area contributed by atoms with Crippen LogP contribution in [0, 0.1) is 12.8 Å². The van der Waals surface area contributed by atoms with Crippen molar-refractivity contribution in [3.8, 4) is 0 Å². The summed E-state index contributed by atoms with van der Waals surface area (Å²) in [4.78, 5) is 26.0. The number of carbonyl (C=O) groups excluding carboxylic acids is 2. The van der Waals surface area contributed by atoms with Crippen LogP contribution in [0.15, 0.2) is 28.6 Å². The van der Waals surface area contributed by atoms with E-state index in [-0.39, 0.29) is 17.8 Å². The van der Waals surface area contributed by atoms with Crippen LogP contribution >= 0.6 is 23.1 Å². The van der Waals surface area contributed by atoms with Crippen LogP contribution in [0.1, 0.15) is 25.3 Å². The van der Waals surface area contributed by atoms with Crippen molar-refractivity contribution in [1.29, 1.82) is 0 Å². The molecule has 1 saturated heterocycles. The lowest BCUT2D eigenvalue weighted by atomic mass is 9.97. The van der Waals surface area contributed by atoms with E-state index in [0.717, 1.165) is 10.0 Å². The molecule has 1 aromatic carbocycles. The molecular formula is C19H24N4O3S2. The number of likely N-dealkylation sites (tertiary alicyclic amines) is 1. The number of hydrogen-bond donors (Lipinski definition) is 1. The van der Waals surface area contributed by atoms with Gasteiger partial charge in [-0.3, -0.25) is 9.59 Å². The number of anilines is 2. The number of nitrogens with one attached hydrogen (secondary N) is 1. The van der Waals surface area contributed by atoms with Gasteiger partial charge in [0.1, 0.15) is 0 Å². The quantitative estimate of drug-likeness (QED) is 0.542. The van der Waals surface area contributed by atoms with Crippen molar-refractivity contribution in [2.24, 2.45) is 5.92 Å². The van der Waals surface area contributed by atoms with Crippen molar-refractivity contribution in [2.45, 2.75) is 31.0 Å². The average Bonchev–Trinajstić information content (AvgIpc) is 3.15. The number of hydrogen-bond acceptors (Lipinski definition) is 8. The van der Waals surface area contributed by atoms with E-state index in [9.17, 15) is 9.59 Å². The summed E-state index contributed by atoms with van der Waals surface area (Å²) < 4.78 is 5.82. The van der Waals surface area contributed by atoms with Crippen molar-refractivity contribution in [2.75, 3.05) is 30.8 Å². The van der Waals surface area contributed by atoms with E-state index in [4.69, 9.17) is 4.74 Å². The highest BCUT2D eigenvalue weighted by Gasteiger charge is 2.28. The van der Waals surface area contributed by atoms with E-state index < -0.39 is 0 Å². The molecule has 3 rings (SSSR count). The lowest BCUT2D eigenvalue weighted by molar-refractivity contribution is -0.151. The van der Waals surface area contributed by atoms with Gasteiger partial charge in [-0.05, 0) is 38.8 Å². The van der Waals surface area contributed by atoms with Crippen molar-refractivity contribution in [3.05, 3.63) is 29.8 Å². The summed E-state index contributed by atoms with van der Waals surface area (Å²) in [5.41, 5.74) is 2.16. The zero-order valence-corrected chi connectivity index (χ0v) is 17.6. The first-order valence-corrected chi connectivity index (χ1v) is 11.1. The molecule has 28 heavy (non-hydrogen) atoms. The number of nitrogens with zero attached hydrogens (tertiary/aromatic N) is 3. The van der Waals surface area contributed by atoms with Crippen LogP contribution in [-0.2, 0) is 14.3 Å². The summed E-state index contributed by atoms with van der Waals surface area (Å²) >= 11 is 2.82. The van der Waals surface area contributed by atoms with Gasteiger partial charge in [0, 0.05) is 18.8 Å². The smallest absolute Gasteiger partial charge is 0.309 e. The van der Waals surface area contributed by atoms with E-state index in [2.05, 4.69) is 15.5 Å². The van der Waals surface area contributed by atoms with E-state index in [0.29, 0.717) is 43.4 Å². The van der Waals surface area contributed by atoms with Gasteiger partial charge < -0.3 is 15.0 Å². The summed E-state index contributed by atoms with van der Waals surface area (Å²) in [5, 5.41) is 12.2. The van der Waals surface area contributed by atoms with Gasteiger partial charge >= 0.3 is 5.97 Å². The molecule has 1 aliphatic rings. The second-order valence-electron chi connectivity index (χ2n) is 6.56. The SMILES string of the molecule is CCOC(=O)C1CCN(C(=O)CSc2nnc(Nc3ccc(C)cc3)s2)CC1. The Hall–Kier alpha value is -2.13. The van der Waals surface area contributed by atoms with Crippen LogP contribution in [-0.4, -0.2) is 52.4 Å². The standard InChI is InChI=1S/C19H24N4O3S2/c1-3-26-17(25)14-8-10-23(11-9-14)16(24)12-27-19-22-21-18(28-19)20-15-6-4-13(2)5-7-15/h4-7,14H,3,8-12H2,1-2H3,(H,20,21). The molecule has 0 saturated carbocycles. The van der Waals surface area contributed by atoms with Crippen LogP contribution in [0.2, 0.25) is 0 Å². The second-order valence-corrected chi connectivity index (χ2v) is 8.76. The van der Waals surface area contributed by atoms with Crippen molar-refractivity contribution in [3.63, 3.8) is 0 Å². The molecule has 1 aliphatic heterocycles. The zero-order chi connectivity index (χ0) is 19.9. The number of ether oxygens (including phenoxy) is 1. The molecule has 150 valence electrons. The van der Waals surface area contributed by atoms with Gasteiger partial charge in [0.05, 0.1) is 18.3 Å². The average molecular weight is 421 g/mol. The maximum absolute atomic E-state index is 12.4. The monoisotopic (exact) mass is 420 g/mol. The molecule has 1 aromatic heterocycles. The predicted octanol–water partition coefficient (Wildman–Crippen LogP) is 3.48. The summed E-state index contributed by atoms with van der Waals surface area (Å²) in [6.07, 6.45) is 1.33. The molecule has 0 bridgehead atoms. The lowest BCUT2D eigenvalue weighted by Crippen LogP contribution is -2.41. The minimum absolute atomic E-state index is 0.0653. The van der Waals surface area contributed by atoms with Crippen molar-refractivity contribution in [1.82, 2.24) is 15.1 Å². The molecule has 2 aromatic rings. The van der Waals surface area contributed by atoms with Crippen LogP contribution < -0.4 is 5.32 Å². The van der Waals surface area contributed by atoms with Crippen LogP contribution in [0.25, 0.3) is 0 Å². The molecule has 0 unspecified atom stereocenters. The number of esters is 1. The summed E-state index contributed by atoms with van der Waals surface area (Å²) in [5.74, 6) is 0.153. The highest BCUT2D eigenvalue weighted by Crippen LogP contribution is 2.28. The normalized spacial score (nSPS) is 14.7. The summed E-state index contributed by atoms with van der Waals surface area (Å²) in [7, 11) is 0. The fraction of sp³-hybridized carbons (Fsp3) is 0.474. The third-order valence-corrected chi connectivity index (χ3v) is 6.45. The first kappa shape index (κ1) is 20.6. The van der Waals surface area contributed by atoms with Gasteiger partial charge in [0.2, 0.25) is 11.0 Å². The molecule has 7 nitrogen and oxygen atoms in total. The first-order chi connectivity index (χ1) is 13.5. The first-order valence-electron chi connectivity index (χ1n) is 9.29. The Kier molecular flexibility index (Phi) is 7.27. The Labute approximate surface area is 172 Å². The Morgan fingerprint density at radius 2 is 1.96 bits per heavy atom. The number of aryl methyl sites for hydroxylation is 1. The number of thioether (sulfide) groups is 1. The van der Waals surface area contributed by atoms with Crippen LogP contribution in [0.3, 0.4) is 0 Å². The Morgan fingerprint density at radius 1 is 1.25 bits per heavy atom. The highest BCUT2D eigenvalue weighted by atomic mass is 32.2. The largest absolute Gasteiger partial charge is 0.466 e. The molecule has 2 heterocycles. The van der Waals surface area contributed by atoms with Gasteiger partial charge in [-0.2, -0.15) is 0 Å². The minimum atomic E-state index is -0.147. The second kappa shape index (κ2) is 9.88. The fourth-order valence-corrected chi connectivity index (χ4v) is 4.59. The zero-order valence-electron chi connectivity index (χ0n) is 16.0. The maximum atomic E-state index is 12.4. The van der Waals surface area contributed by atoms with Gasteiger partial charge in [-0.1, -0.05) is 40.8 Å². The number of amides is 1. The van der Waals surface area contributed by atoms with Crippen LogP contribution in [0.5, 0.6) is 0 Å². The molecule has 0 aliphatic carbocycles. The summed E-state index contributed by atoms with van der Waals surface area (Å²) in [6, 6.07) is 8.05. The lowest BCUT2D eigenvalue weighted by Gasteiger charge is -2.30. The number of benzene rings is 1. The topological polar surface area (TPSA) is 84.4 Å². The molecule has 1 N–H and O–H groups in total. The van der Waals surface area contributed by atoms with Gasteiger partial charge in [-0.25, -0.2) is 0 Å². The molecule has 0 spiro atoms. The Bertz CT molecular complexity index is 802. The van der Waals surface area contributed by atoms with Crippen molar-refractivity contribution < 1.29 is 14.3 Å². The number of rotatable bonds is 7. The third kappa shape index (κ3) is 5.68. The Balaban J connectivity index is 1.43. The van der Waals surface area contributed by atoms with Gasteiger partial charge in [-0.15, -0.1) is 10.2 Å². The number of aromatic nitrogens is 2. The van der Waals surface area contributed by atoms with E-state index in [1.807, 2.05) is 43.0 Å². The Morgan fingerprint density at radius 3 is 2.64 bits per heavy atom. The minimum Gasteiger partial charge on any atom is -0.466 e. The highest BCUT2D eigenvalue weighted by molar-refractivity contribution is 8.01. The van der Waals surface area contributed by atoms with Gasteiger partial charge in [0.25, 0.3) is 0 Å².